The smallest absolute Gasteiger partial charge is 0.363 e. The number of nitrogens with one attached hydrogen (secondary N) is 2. The lowest BCUT2D eigenvalue weighted by Crippen LogP contribution is -2.15. The summed E-state index contributed by atoms with van der Waals surface area (Å²) in [6.07, 6.45) is 1.43. The van der Waals surface area contributed by atoms with Crippen LogP contribution in [0.2, 0.25) is 10.0 Å². The quantitative estimate of drug-likeness (QED) is 0.628. The molecule has 0 aliphatic rings. The molecule has 0 spiro atoms. The van der Waals surface area contributed by atoms with Crippen LogP contribution in [0.25, 0.3) is 0 Å². The number of hydrazone groups is 1. The highest BCUT2D eigenvalue weighted by Gasteiger charge is 2.16. The second-order valence-corrected chi connectivity index (χ2v) is 5.06. The van der Waals surface area contributed by atoms with E-state index in [1.807, 2.05) is 0 Å². The van der Waals surface area contributed by atoms with E-state index in [4.69, 9.17) is 32.7 Å². The van der Waals surface area contributed by atoms with Gasteiger partial charge in [0.15, 0.2) is 11.6 Å². The van der Waals surface area contributed by atoms with Crippen LogP contribution >= 0.6 is 23.2 Å². The van der Waals surface area contributed by atoms with Crippen LogP contribution in [-0.2, 0) is 0 Å². The highest BCUT2D eigenvalue weighted by Crippen LogP contribution is 2.41. The fourth-order valence-electron chi connectivity index (χ4n) is 1.75. The van der Waals surface area contributed by atoms with Gasteiger partial charge in [-0.15, -0.1) is 0 Å². The first-order chi connectivity index (χ1) is 11.0. The van der Waals surface area contributed by atoms with E-state index in [1.54, 1.807) is 13.0 Å². The number of nitrogens with zero attached hydrogens (tertiary/aromatic N) is 3. The first-order valence-corrected chi connectivity index (χ1v) is 7.06. The van der Waals surface area contributed by atoms with Gasteiger partial charge in [-0.1, -0.05) is 23.2 Å². The van der Waals surface area contributed by atoms with Crippen molar-refractivity contribution in [3.63, 3.8) is 0 Å². The molecule has 1 aromatic carbocycles. The fourth-order valence-corrected chi connectivity index (χ4v) is 2.46. The molecule has 0 aliphatic carbocycles. The maximum atomic E-state index is 11.1. The SMILES string of the molecule is COc1c(Cl)cc(/C=N/Nc2nc(=O)[nH]nc2C)c(OC)c1Cl. The normalized spacial score (nSPS) is 10.8. The fraction of sp³-hybridized carbons (Fsp3) is 0.231. The molecule has 0 saturated carbocycles. The second kappa shape index (κ2) is 7.30. The van der Waals surface area contributed by atoms with Crippen molar-refractivity contribution in [2.45, 2.75) is 6.92 Å². The Bertz CT molecular complexity index is 807. The Morgan fingerprint density at radius 1 is 1.30 bits per heavy atom. The Morgan fingerprint density at radius 3 is 2.65 bits per heavy atom. The standard InChI is InChI=1S/C13H13Cl2N5O3/c1-6-12(17-13(21)20-18-6)19-16-5-7-4-8(14)11(23-3)9(15)10(7)22-2/h4-5H,1-3H3,(H2,17,19,20,21)/b16-5+. The van der Waals surface area contributed by atoms with Crippen LogP contribution < -0.4 is 20.6 Å². The van der Waals surface area contributed by atoms with E-state index in [-0.39, 0.29) is 10.8 Å². The van der Waals surface area contributed by atoms with Crippen LogP contribution in [0, 0.1) is 6.92 Å². The van der Waals surface area contributed by atoms with Crippen molar-refractivity contribution in [2.24, 2.45) is 5.10 Å². The number of benzene rings is 1. The van der Waals surface area contributed by atoms with Crippen molar-refractivity contribution in [3.05, 3.63) is 37.9 Å². The van der Waals surface area contributed by atoms with Gasteiger partial charge in [0.1, 0.15) is 16.5 Å². The first kappa shape index (κ1) is 17.0. The number of rotatable bonds is 5. The topological polar surface area (TPSA) is 101 Å². The van der Waals surface area contributed by atoms with Crippen molar-refractivity contribution in [1.29, 1.82) is 0 Å². The van der Waals surface area contributed by atoms with Gasteiger partial charge in [-0.05, 0) is 13.0 Å². The van der Waals surface area contributed by atoms with E-state index >= 15 is 0 Å². The van der Waals surface area contributed by atoms with Crippen molar-refractivity contribution in [2.75, 3.05) is 19.6 Å². The molecule has 0 atom stereocenters. The molecule has 8 nitrogen and oxygen atoms in total. The van der Waals surface area contributed by atoms with Gasteiger partial charge < -0.3 is 9.47 Å². The minimum absolute atomic E-state index is 0.231. The van der Waals surface area contributed by atoms with Gasteiger partial charge in [-0.2, -0.15) is 15.2 Å². The summed E-state index contributed by atoms with van der Waals surface area (Å²) >= 11 is 12.3. The Labute approximate surface area is 141 Å². The Morgan fingerprint density at radius 2 is 2.00 bits per heavy atom. The molecule has 1 aromatic heterocycles. The molecule has 0 unspecified atom stereocenters. The van der Waals surface area contributed by atoms with Gasteiger partial charge >= 0.3 is 5.69 Å². The van der Waals surface area contributed by atoms with Crippen LogP contribution in [0.15, 0.2) is 16.0 Å². The summed E-state index contributed by atoms with van der Waals surface area (Å²) in [5.41, 5.74) is 3.05. The molecular formula is C13H13Cl2N5O3. The van der Waals surface area contributed by atoms with Crippen molar-refractivity contribution in [3.8, 4) is 11.5 Å². The summed E-state index contributed by atoms with van der Waals surface area (Å²) in [5, 5.41) is 10.5. The zero-order valence-corrected chi connectivity index (χ0v) is 14.0. The van der Waals surface area contributed by atoms with E-state index in [0.29, 0.717) is 27.8 Å². The lowest BCUT2D eigenvalue weighted by atomic mass is 10.2. The molecule has 0 radical (unpaired) electrons. The average molecular weight is 358 g/mol. The van der Waals surface area contributed by atoms with Gasteiger partial charge in [-0.25, -0.2) is 9.89 Å². The van der Waals surface area contributed by atoms with Gasteiger partial charge in [0.05, 0.1) is 25.5 Å². The van der Waals surface area contributed by atoms with Gasteiger partial charge in [0, 0.05) is 5.56 Å². The maximum absolute atomic E-state index is 11.1. The van der Waals surface area contributed by atoms with Gasteiger partial charge in [-0.3, -0.25) is 5.43 Å². The van der Waals surface area contributed by atoms with Gasteiger partial charge in [0.25, 0.3) is 0 Å². The third kappa shape index (κ3) is 3.72. The molecule has 23 heavy (non-hydrogen) atoms. The minimum Gasteiger partial charge on any atom is -0.494 e. The minimum atomic E-state index is -0.582. The highest BCUT2D eigenvalue weighted by molar-refractivity contribution is 6.38. The van der Waals surface area contributed by atoms with Crippen LogP contribution in [0.3, 0.4) is 0 Å². The number of anilines is 1. The molecule has 2 aromatic rings. The Hall–Kier alpha value is -2.32. The molecule has 122 valence electrons. The van der Waals surface area contributed by atoms with Crippen LogP contribution in [0.1, 0.15) is 11.3 Å². The molecule has 0 saturated heterocycles. The summed E-state index contributed by atoms with van der Waals surface area (Å²) in [7, 11) is 2.92. The number of aromatic nitrogens is 3. The Kier molecular flexibility index (Phi) is 5.41. The summed E-state index contributed by atoms with van der Waals surface area (Å²) < 4.78 is 10.4. The second-order valence-electron chi connectivity index (χ2n) is 4.27. The maximum Gasteiger partial charge on any atom is 0.363 e. The number of aryl methyl sites for hydroxylation is 1. The molecule has 0 fully saturated rings. The van der Waals surface area contributed by atoms with Crippen molar-refractivity contribution >= 4 is 35.2 Å². The van der Waals surface area contributed by atoms with Crippen LogP contribution in [0.5, 0.6) is 11.5 Å². The number of hydrogen-bond acceptors (Lipinski definition) is 7. The predicted octanol–water partition coefficient (Wildman–Crippen LogP) is 2.24. The first-order valence-electron chi connectivity index (χ1n) is 6.30. The molecule has 10 heteroatoms. The molecular weight excluding hydrogens is 345 g/mol. The highest BCUT2D eigenvalue weighted by atomic mass is 35.5. The number of aromatic amines is 1. The molecule has 0 aliphatic heterocycles. The monoisotopic (exact) mass is 357 g/mol. The largest absolute Gasteiger partial charge is 0.494 e. The van der Waals surface area contributed by atoms with E-state index in [1.165, 1.54) is 20.4 Å². The molecule has 0 bridgehead atoms. The zero-order chi connectivity index (χ0) is 17.0. The molecule has 2 rings (SSSR count). The van der Waals surface area contributed by atoms with E-state index in [9.17, 15) is 4.79 Å². The molecule has 2 N–H and O–H groups in total. The number of methoxy groups -OCH3 is 2. The summed E-state index contributed by atoms with van der Waals surface area (Å²) in [6.45, 7) is 1.67. The zero-order valence-electron chi connectivity index (χ0n) is 12.5. The van der Waals surface area contributed by atoms with Crippen LogP contribution in [0.4, 0.5) is 5.82 Å². The van der Waals surface area contributed by atoms with Crippen molar-refractivity contribution in [1.82, 2.24) is 15.2 Å². The van der Waals surface area contributed by atoms with E-state index in [0.717, 1.165) is 0 Å². The summed E-state index contributed by atoms with van der Waals surface area (Å²) in [5.74, 6) is 0.897. The van der Waals surface area contributed by atoms with E-state index in [2.05, 4.69) is 25.7 Å². The number of H-pyrrole nitrogens is 1. The third-order valence-corrected chi connectivity index (χ3v) is 3.44. The molecule has 1 heterocycles. The average Bonchev–Trinajstić information content (AvgIpc) is 2.51. The van der Waals surface area contributed by atoms with E-state index < -0.39 is 5.69 Å². The van der Waals surface area contributed by atoms with Crippen LogP contribution in [-0.4, -0.2) is 35.6 Å². The van der Waals surface area contributed by atoms with Gasteiger partial charge in [0.2, 0.25) is 0 Å². The Balaban J connectivity index is 2.32. The summed E-state index contributed by atoms with van der Waals surface area (Å²) in [4.78, 5) is 14.9. The predicted molar refractivity (Wildman–Crippen MR) is 88.2 cm³/mol. The third-order valence-electron chi connectivity index (χ3n) is 2.82. The molecule has 0 amide bonds. The number of hydrogen-bond donors (Lipinski definition) is 2. The lowest BCUT2D eigenvalue weighted by molar-refractivity contribution is 0.394. The number of ether oxygens (including phenoxy) is 2. The van der Waals surface area contributed by atoms with Crippen molar-refractivity contribution < 1.29 is 9.47 Å². The number of halogens is 2. The summed E-state index contributed by atoms with van der Waals surface area (Å²) in [6, 6.07) is 1.59. The lowest BCUT2D eigenvalue weighted by Gasteiger charge is -2.12.